The molecular weight excluding hydrogens is 517 g/mol. The number of benzene rings is 2. The maximum absolute atomic E-state index is 14.1. The Morgan fingerprint density at radius 2 is 1.75 bits per heavy atom. The Bertz CT molecular complexity index is 1290. The summed E-state index contributed by atoms with van der Waals surface area (Å²) >= 11 is 0. The van der Waals surface area contributed by atoms with Gasteiger partial charge in [0.1, 0.15) is 12.4 Å². The standard InChI is InChI=1S/C30H36FN3O6/c1-19(2)27-28(29(39)33-15-7-6-10-25(33)20-8-4-3-5-9-20)32-34(22-13-11-21(31)12-14-22)30(27)40-18-24(36)16-23(35)17-26(37)38/h3-5,8-9,11-14,19,23-25,35-36H,6-7,10,15-18H2,1-2H3,(H,37,38)/t23-,24-,25?/m0/s1. The van der Waals surface area contributed by atoms with E-state index in [-0.39, 0.29) is 42.5 Å². The van der Waals surface area contributed by atoms with Gasteiger partial charge in [0.15, 0.2) is 5.69 Å². The van der Waals surface area contributed by atoms with E-state index in [1.165, 1.54) is 28.9 Å². The van der Waals surface area contributed by atoms with Crippen molar-refractivity contribution >= 4 is 11.9 Å². The SMILES string of the molecule is CC(C)c1c(C(=O)N2CCCCC2c2ccccc2)nn(-c2ccc(F)cc2)c1OC[C@@H](O)C[C@H](O)CC(=O)O. The molecule has 1 saturated heterocycles. The monoisotopic (exact) mass is 553 g/mol. The molecule has 0 bridgehead atoms. The zero-order valence-corrected chi connectivity index (χ0v) is 22.7. The Balaban J connectivity index is 1.71. The summed E-state index contributed by atoms with van der Waals surface area (Å²) in [5, 5.41) is 34.0. The first-order valence-electron chi connectivity index (χ1n) is 13.6. The van der Waals surface area contributed by atoms with Crippen molar-refractivity contribution in [2.24, 2.45) is 0 Å². The number of hydrogen-bond donors (Lipinski definition) is 3. The predicted octanol–water partition coefficient (Wildman–Crippen LogP) is 4.47. The van der Waals surface area contributed by atoms with Gasteiger partial charge in [0.2, 0.25) is 5.88 Å². The minimum absolute atomic E-state index is 0.0969. The van der Waals surface area contributed by atoms with Crippen molar-refractivity contribution in [3.63, 3.8) is 0 Å². The van der Waals surface area contributed by atoms with Crippen LogP contribution in [0.15, 0.2) is 54.6 Å². The van der Waals surface area contributed by atoms with Crippen LogP contribution in [0.25, 0.3) is 5.69 Å². The smallest absolute Gasteiger partial charge is 0.305 e. The number of carboxylic acids is 1. The van der Waals surface area contributed by atoms with Crippen LogP contribution in [0.4, 0.5) is 4.39 Å². The van der Waals surface area contributed by atoms with E-state index in [2.05, 4.69) is 5.10 Å². The highest BCUT2D eigenvalue weighted by molar-refractivity contribution is 5.95. The quantitative estimate of drug-likeness (QED) is 0.320. The van der Waals surface area contributed by atoms with Gasteiger partial charge in [0.05, 0.1) is 30.4 Å². The van der Waals surface area contributed by atoms with E-state index in [0.29, 0.717) is 17.8 Å². The molecule has 0 saturated carbocycles. The normalized spacial score (nSPS) is 17.1. The second-order valence-corrected chi connectivity index (χ2v) is 10.5. The number of nitrogens with zero attached hydrogens (tertiary/aromatic N) is 3. The molecule has 0 spiro atoms. The molecular formula is C30H36FN3O6. The summed E-state index contributed by atoms with van der Waals surface area (Å²) in [7, 11) is 0. The number of carboxylic acid groups (broad SMARTS) is 1. The zero-order chi connectivity index (χ0) is 28.8. The van der Waals surface area contributed by atoms with Gasteiger partial charge in [-0.2, -0.15) is 5.10 Å². The van der Waals surface area contributed by atoms with E-state index in [9.17, 15) is 24.2 Å². The minimum atomic E-state index is -1.24. The number of amides is 1. The first-order chi connectivity index (χ1) is 19.2. The summed E-state index contributed by atoms with van der Waals surface area (Å²) < 4.78 is 21.2. The summed E-state index contributed by atoms with van der Waals surface area (Å²) in [6.07, 6.45) is -0.405. The summed E-state index contributed by atoms with van der Waals surface area (Å²) in [6, 6.07) is 15.4. The van der Waals surface area contributed by atoms with Crippen molar-refractivity contribution in [3.8, 4) is 11.6 Å². The summed E-state index contributed by atoms with van der Waals surface area (Å²) in [5.74, 6) is -1.81. The molecule has 0 aliphatic carbocycles. The van der Waals surface area contributed by atoms with Gasteiger partial charge in [0, 0.05) is 18.5 Å². The number of rotatable bonds is 11. The number of piperidine rings is 1. The summed E-state index contributed by atoms with van der Waals surface area (Å²) in [5.41, 5.74) is 2.29. The lowest BCUT2D eigenvalue weighted by Crippen LogP contribution is -2.39. The van der Waals surface area contributed by atoms with Crippen LogP contribution >= 0.6 is 0 Å². The van der Waals surface area contributed by atoms with Crippen LogP contribution in [-0.2, 0) is 4.79 Å². The number of aromatic nitrogens is 2. The Labute approximate surface area is 232 Å². The van der Waals surface area contributed by atoms with Crippen LogP contribution in [0.3, 0.4) is 0 Å². The van der Waals surface area contributed by atoms with Gasteiger partial charge in [-0.25, -0.2) is 9.07 Å². The lowest BCUT2D eigenvalue weighted by molar-refractivity contribution is -0.139. The number of carbonyl (C=O) groups excluding carboxylic acids is 1. The van der Waals surface area contributed by atoms with E-state index in [1.807, 2.05) is 49.1 Å². The average Bonchev–Trinajstić information content (AvgIpc) is 3.31. The molecule has 40 heavy (non-hydrogen) atoms. The Kier molecular flexibility index (Phi) is 9.54. The largest absolute Gasteiger partial charge is 0.481 e. The van der Waals surface area contributed by atoms with Crippen molar-refractivity contribution in [1.29, 1.82) is 0 Å². The van der Waals surface area contributed by atoms with Gasteiger partial charge < -0.3 is 25.0 Å². The van der Waals surface area contributed by atoms with E-state index < -0.39 is 30.4 Å². The van der Waals surface area contributed by atoms with E-state index in [4.69, 9.17) is 9.84 Å². The Hall–Kier alpha value is -3.76. The fourth-order valence-corrected chi connectivity index (χ4v) is 5.16. The number of ether oxygens (including phenoxy) is 1. The van der Waals surface area contributed by atoms with Crippen LogP contribution in [0.5, 0.6) is 5.88 Å². The predicted molar refractivity (Wildman–Crippen MR) is 146 cm³/mol. The summed E-state index contributed by atoms with van der Waals surface area (Å²) in [6.45, 7) is 4.13. The molecule has 3 aromatic rings. The van der Waals surface area contributed by atoms with Crippen molar-refractivity contribution in [2.75, 3.05) is 13.2 Å². The first kappa shape index (κ1) is 29.2. The van der Waals surface area contributed by atoms with E-state index >= 15 is 0 Å². The molecule has 3 N–H and O–H groups in total. The molecule has 10 heteroatoms. The topological polar surface area (TPSA) is 125 Å². The van der Waals surface area contributed by atoms with Crippen LogP contribution in [0.1, 0.15) is 79.5 Å². The second kappa shape index (κ2) is 13.1. The maximum Gasteiger partial charge on any atom is 0.305 e. The number of aliphatic hydroxyl groups excluding tert-OH is 2. The molecule has 2 heterocycles. The third-order valence-electron chi connectivity index (χ3n) is 7.04. The van der Waals surface area contributed by atoms with E-state index in [0.717, 1.165) is 24.8 Å². The van der Waals surface area contributed by atoms with Gasteiger partial charge in [-0.3, -0.25) is 9.59 Å². The van der Waals surface area contributed by atoms with Crippen LogP contribution in [-0.4, -0.2) is 67.2 Å². The summed E-state index contributed by atoms with van der Waals surface area (Å²) in [4.78, 5) is 26.9. The molecule has 1 aliphatic heterocycles. The van der Waals surface area contributed by atoms with E-state index in [1.54, 1.807) is 0 Å². The van der Waals surface area contributed by atoms with Gasteiger partial charge in [-0.1, -0.05) is 44.2 Å². The molecule has 1 amide bonds. The van der Waals surface area contributed by atoms with Gasteiger partial charge in [-0.05, 0) is 55.0 Å². The number of aliphatic hydroxyl groups is 2. The van der Waals surface area contributed by atoms with Gasteiger partial charge in [0.25, 0.3) is 5.91 Å². The fourth-order valence-electron chi connectivity index (χ4n) is 5.16. The maximum atomic E-state index is 14.1. The number of likely N-dealkylation sites (tertiary alicyclic amines) is 1. The Morgan fingerprint density at radius 3 is 2.40 bits per heavy atom. The lowest BCUT2D eigenvalue weighted by atomic mass is 9.94. The fraction of sp³-hybridized carbons (Fsp3) is 0.433. The molecule has 1 fully saturated rings. The first-order valence-corrected chi connectivity index (χ1v) is 13.6. The van der Waals surface area contributed by atoms with Crippen molar-refractivity contribution in [1.82, 2.24) is 14.7 Å². The van der Waals surface area contributed by atoms with Crippen molar-refractivity contribution < 1.29 is 34.0 Å². The minimum Gasteiger partial charge on any atom is -0.481 e. The Morgan fingerprint density at radius 1 is 1.05 bits per heavy atom. The van der Waals surface area contributed by atoms with Crippen LogP contribution in [0.2, 0.25) is 0 Å². The number of aliphatic carboxylic acids is 1. The van der Waals surface area contributed by atoms with Gasteiger partial charge >= 0.3 is 5.97 Å². The van der Waals surface area contributed by atoms with Crippen molar-refractivity contribution in [3.05, 3.63) is 77.2 Å². The number of hydrogen-bond acceptors (Lipinski definition) is 6. The highest BCUT2D eigenvalue weighted by atomic mass is 19.1. The molecule has 214 valence electrons. The zero-order valence-electron chi connectivity index (χ0n) is 22.7. The molecule has 1 unspecified atom stereocenters. The van der Waals surface area contributed by atoms with Crippen molar-refractivity contribution in [2.45, 2.75) is 70.1 Å². The highest BCUT2D eigenvalue weighted by Gasteiger charge is 2.35. The molecule has 9 nitrogen and oxygen atoms in total. The van der Waals surface area contributed by atoms with Crippen LogP contribution < -0.4 is 4.74 Å². The number of halogens is 1. The number of carbonyl (C=O) groups is 2. The molecule has 0 radical (unpaired) electrons. The molecule has 1 aromatic heterocycles. The molecule has 1 aliphatic rings. The molecule has 4 rings (SSSR count). The third kappa shape index (κ3) is 6.86. The average molecular weight is 554 g/mol. The molecule has 3 atom stereocenters. The third-order valence-corrected chi connectivity index (χ3v) is 7.04. The van der Waals surface area contributed by atoms with Crippen LogP contribution in [0, 0.1) is 5.82 Å². The lowest BCUT2D eigenvalue weighted by Gasteiger charge is -2.36. The molecule has 2 aromatic carbocycles. The highest BCUT2D eigenvalue weighted by Crippen LogP contribution is 2.37. The van der Waals surface area contributed by atoms with Gasteiger partial charge in [-0.15, -0.1) is 0 Å². The second-order valence-electron chi connectivity index (χ2n) is 10.5.